The van der Waals surface area contributed by atoms with Crippen molar-refractivity contribution in [3.8, 4) is 0 Å². The number of unbranched alkanes of at least 4 members (excludes halogenated alkanes) is 2. The number of carbonyl (C=O) groups is 1. The lowest BCUT2D eigenvalue weighted by Crippen LogP contribution is -2.42. The lowest BCUT2D eigenvalue weighted by Gasteiger charge is -2.24. The predicted octanol–water partition coefficient (Wildman–Crippen LogP) is 2.17. The zero-order chi connectivity index (χ0) is 14.6. The van der Waals surface area contributed by atoms with Gasteiger partial charge < -0.3 is 23.3 Å². The minimum absolute atomic E-state index is 0.345. The van der Waals surface area contributed by atoms with Crippen LogP contribution >= 0.6 is 0 Å². The maximum absolute atomic E-state index is 11.2. The average molecular weight is 293 g/mol. The van der Waals surface area contributed by atoms with Crippen molar-refractivity contribution in [2.45, 2.75) is 38.7 Å². The molecular weight excluding hydrogens is 266 g/mol. The van der Waals surface area contributed by atoms with Gasteiger partial charge in [0.1, 0.15) is 0 Å². The molecule has 19 heavy (non-hydrogen) atoms. The highest BCUT2D eigenvalue weighted by Crippen LogP contribution is 2.15. The van der Waals surface area contributed by atoms with Gasteiger partial charge >= 0.3 is 14.9 Å². The fraction of sp³-hybridized carbons (Fsp3) is 0.917. The summed E-state index contributed by atoms with van der Waals surface area (Å²) in [6, 6.07) is 0.739. The van der Waals surface area contributed by atoms with E-state index in [0.29, 0.717) is 13.2 Å². The summed E-state index contributed by atoms with van der Waals surface area (Å²) in [5, 5.41) is 2.71. The van der Waals surface area contributed by atoms with Crippen molar-refractivity contribution in [2.24, 2.45) is 0 Å². The Bertz CT molecular complexity index is 228. The molecule has 7 heteroatoms. The molecule has 0 fully saturated rings. The smallest absolute Gasteiger partial charge is 0.450 e. The summed E-state index contributed by atoms with van der Waals surface area (Å²) in [5.74, 6) is 0. The summed E-state index contributed by atoms with van der Waals surface area (Å²) < 4.78 is 20.9. The van der Waals surface area contributed by atoms with E-state index >= 15 is 0 Å². The quantitative estimate of drug-likeness (QED) is 0.467. The summed E-state index contributed by atoms with van der Waals surface area (Å²) in [6.45, 7) is 3.13. The molecule has 0 aliphatic rings. The van der Waals surface area contributed by atoms with E-state index in [-0.39, 0.29) is 6.09 Å². The Labute approximate surface area is 117 Å². The summed E-state index contributed by atoms with van der Waals surface area (Å²) in [7, 11) is 2.33. The maximum Gasteiger partial charge on any atom is 0.500 e. The second kappa shape index (κ2) is 11.2. The minimum atomic E-state index is -2.46. The predicted molar refractivity (Wildman–Crippen MR) is 75.1 cm³/mol. The van der Waals surface area contributed by atoms with Crippen molar-refractivity contribution in [1.29, 1.82) is 0 Å². The van der Waals surface area contributed by atoms with Crippen molar-refractivity contribution in [3.05, 3.63) is 0 Å². The standard InChI is InChI=1S/C12H27NO5Si/c1-5-6-10-18-12(14)13-9-7-8-11-19(15-2,16-3)17-4/h5-11H2,1-4H3,(H,13,14). The summed E-state index contributed by atoms with van der Waals surface area (Å²) >= 11 is 0. The first-order valence-electron chi connectivity index (χ1n) is 6.70. The Kier molecular flexibility index (Phi) is 10.8. The monoisotopic (exact) mass is 293 g/mol. The third kappa shape index (κ3) is 8.20. The second-order valence-electron chi connectivity index (χ2n) is 4.17. The van der Waals surface area contributed by atoms with Crippen molar-refractivity contribution in [3.63, 3.8) is 0 Å². The normalized spacial score (nSPS) is 11.4. The van der Waals surface area contributed by atoms with Gasteiger partial charge in [0.05, 0.1) is 6.61 Å². The minimum Gasteiger partial charge on any atom is -0.450 e. The lowest BCUT2D eigenvalue weighted by atomic mass is 10.3. The van der Waals surface area contributed by atoms with Gasteiger partial charge in [0.15, 0.2) is 0 Å². The van der Waals surface area contributed by atoms with Gasteiger partial charge in [-0.15, -0.1) is 0 Å². The first-order chi connectivity index (χ1) is 9.14. The first-order valence-corrected chi connectivity index (χ1v) is 8.63. The average Bonchev–Trinajstić information content (AvgIpc) is 2.44. The Balaban J connectivity index is 3.61. The Morgan fingerprint density at radius 2 is 1.68 bits per heavy atom. The molecule has 0 atom stereocenters. The Hall–Kier alpha value is -0.633. The van der Waals surface area contributed by atoms with E-state index in [2.05, 4.69) is 12.2 Å². The van der Waals surface area contributed by atoms with Crippen LogP contribution < -0.4 is 5.32 Å². The van der Waals surface area contributed by atoms with Crippen LogP contribution in [0.2, 0.25) is 6.04 Å². The summed E-state index contributed by atoms with van der Waals surface area (Å²) in [5.41, 5.74) is 0. The lowest BCUT2D eigenvalue weighted by molar-refractivity contribution is 0.122. The molecule has 0 saturated heterocycles. The van der Waals surface area contributed by atoms with Crippen molar-refractivity contribution in [1.82, 2.24) is 5.32 Å². The molecule has 0 aromatic rings. The zero-order valence-corrected chi connectivity index (χ0v) is 13.5. The molecule has 114 valence electrons. The van der Waals surface area contributed by atoms with Crippen molar-refractivity contribution < 1.29 is 22.8 Å². The molecule has 0 aromatic heterocycles. The Morgan fingerprint density at radius 3 is 2.21 bits per heavy atom. The van der Waals surface area contributed by atoms with Gasteiger partial charge in [-0.3, -0.25) is 0 Å². The van der Waals surface area contributed by atoms with Crippen LogP contribution in [0.3, 0.4) is 0 Å². The molecule has 1 amide bonds. The molecule has 0 aliphatic heterocycles. The van der Waals surface area contributed by atoms with Crippen LogP contribution in [0.15, 0.2) is 0 Å². The van der Waals surface area contributed by atoms with Crippen molar-refractivity contribution in [2.75, 3.05) is 34.5 Å². The number of ether oxygens (including phenoxy) is 1. The fourth-order valence-electron chi connectivity index (χ4n) is 1.57. The van der Waals surface area contributed by atoms with Crippen LogP contribution in [0.4, 0.5) is 4.79 Å². The molecule has 0 unspecified atom stereocenters. The SMILES string of the molecule is CCCCOC(=O)NCCCC[Si](OC)(OC)OC. The third-order valence-corrected chi connectivity index (χ3v) is 5.68. The van der Waals surface area contributed by atoms with E-state index in [1.165, 1.54) is 0 Å². The van der Waals surface area contributed by atoms with Crippen LogP contribution in [0.1, 0.15) is 32.6 Å². The van der Waals surface area contributed by atoms with E-state index in [1.54, 1.807) is 21.3 Å². The third-order valence-electron chi connectivity index (χ3n) is 2.84. The largest absolute Gasteiger partial charge is 0.500 e. The topological polar surface area (TPSA) is 66.0 Å². The molecule has 1 N–H and O–H groups in total. The zero-order valence-electron chi connectivity index (χ0n) is 12.5. The molecule has 0 heterocycles. The van der Waals surface area contributed by atoms with E-state index in [4.69, 9.17) is 18.0 Å². The molecule has 0 spiro atoms. The number of alkyl carbamates (subject to hydrolysis) is 1. The van der Waals surface area contributed by atoms with Gasteiger partial charge in [-0.25, -0.2) is 4.79 Å². The first kappa shape index (κ1) is 18.4. The van der Waals surface area contributed by atoms with E-state index in [9.17, 15) is 4.79 Å². The highest BCUT2D eigenvalue weighted by atomic mass is 28.4. The highest BCUT2D eigenvalue weighted by Gasteiger charge is 2.36. The van der Waals surface area contributed by atoms with Crippen LogP contribution in [-0.2, 0) is 18.0 Å². The molecule has 0 bridgehead atoms. The number of nitrogens with one attached hydrogen (secondary N) is 1. The molecule has 0 radical (unpaired) electrons. The van der Waals surface area contributed by atoms with Gasteiger partial charge in [0.2, 0.25) is 0 Å². The molecule has 0 aromatic carbocycles. The molecular formula is C12H27NO5Si. The molecule has 6 nitrogen and oxygen atoms in total. The van der Waals surface area contributed by atoms with Gasteiger partial charge in [-0.1, -0.05) is 13.3 Å². The summed E-state index contributed by atoms with van der Waals surface area (Å²) in [6.07, 6.45) is 3.29. The van der Waals surface area contributed by atoms with E-state index < -0.39 is 8.80 Å². The summed E-state index contributed by atoms with van der Waals surface area (Å²) in [4.78, 5) is 11.2. The van der Waals surface area contributed by atoms with E-state index in [1.807, 2.05) is 0 Å². The second-order valence-corrected chi connectivity index (χ2v) is 7.26. The van der Waals surface area contributed by atoms with E-state index in [0.717, 1.165) is 31.7 Å². The number of hydrogen-bond acceptors (Lipinski definition) is 5. The van der Waals surface area contributed by atoms with Crippen LogP contribution in [0.25, 0.3) is 0 Å². The number of hydrogen-bond donors (Lipinski definition) is 1. The van der Waals surface area contributed by atoms with Crippen LogP contribution in [0.5, 0.6) is 0 Å². The molecule has 0 saturated carbocycles. The number of carbonyl (C=O) groups excluding carboxylic acids is 1. The molecule has 0 aliphatic carbocycles. The Morgan fingerprint density at radius 1 is 1.05 bits per heavy atom. The fourth-order valence-corrected chi connectivity index (χ4v) is 3.37. The van der Waals surface area contributed by atoms with Crippen LogP contribution in [-0.4, -0.2) is 49.4 Å². The highest BCUT2D eigenvalue weighted by molar-refractivity contribution is 6.60. The number of amides is 1. The molecule has 0 rings (SSSR count). The van der Waals surface area contributed by atoms with Crippen LogP contribution in [0, 0.1) is 0 Å². The maximum atomic E-state index is 11.2. The van der Waals surface area contributed by atoms with Gasteiger partial charge in [0.25, 0.3) is 0 Å². The number of rotatable bonds is 11. The van der Waals surface area contributed by atoms with Gasteiger partial charge in [-0.2, -0.15) is 0 Å². The van der Waals surface area contributed by atoms with Gasteiger partial charge in [0, 0.05) is 33.9 Å². The van der Waals surface area contributed by atoms with Gasteiger partial charge in [-0.05, 0) is 19.3 Å². The van der Waals surface area contributed by atoms with Crippen molar-refractivity contribution >= 4 is 14.9 Å².